The highest BCUT2D eigenvalue weighted by Gasteiger charge is 2.22. The van der Waals surface area contributed by atoms with Gasteiger partial charge in [-0.25, -0.2) is 0 Å². The van der Waals surface area contributed by atoms with Crippen LogP contribution < -0.4 is 11.1 Å². The quantitative estimate of drug-likeness (QED) is 0.540. The maximum Gasteiger partial charge on any atom is 0.220 e. The Balaban J connectivity index is 3.96. The first-order valence-corrected chi connectivity index (χ1v) is 7.70. The maximum absolute atomic E-state index is 11.8. The van der Waals surface area contributed by atoms with E-state index in [2.05, 4.69) is 12.2 Å². The maximum atomic E-state index is 11.8. The van der Waals surface area contributed by atoms with Crippen LogP contribution in [0.2, 0.25) is 0 Å². The van der Waals surface area contributed by atoms with Crippen LogP contribution in [0.3, 0.4) is 0 Å². The second kappa shape index (κ2) is 10.2. The summed E-state index contributed by atoms with van der Waals surface area (Å²) in [5.41, 5.74) is 4.83. The van der Waals surface area contributed by atoms with E-state index in [0.29, 0.717) is 38.3 Å². The van der Waals surface area contributed by atoms with E-state index in [1.165, 1.54) is 0 Å². The van der Waals surface area contributed by atoms with Gasteiger partial charge in [-0.3, -0.25) is 4.79 Å². The molecule has 4 N–H and O–H groups in total. The van der Waals surface area contributed by atoms with Crippen LogP contribution in [0.5, 0.6) is 0 Å². The molecule has 0 aromatic heterocycles. The SMILES string of the molecule is CCCC(CCN)CCC(=O)NCC(O)(CC)CC. The lowest BCUT2D eigenvalue weighted by atomic mass is 9.94. The fourth-order valence-electron chi connectivity index (χ4n) is 2.26. The molecule has 0 aromatic rings. The highest BCUT2D eigenvalue weighted by Crippen LogP contribution is 2.17. The smallest absolute Gasteiger partial charge is 0.220 e. The van der Waals surface area contributed by atoms with E-state index in [1.807, 2.05) is 13.8 Å². The monoisotopic (exact) mass is 272 g/mol. The molecule has 19 heavy (non-hydrogen) atoms. The topological polar surface area (TPSA) is 75.4 Å². The molecule has 0 rings (SSSR count). The Bertz CT molecular complexity index is 234. The number of rotatable bonds is 11. The minimum Gasteiger partial charge on any atom is -0.388 e. The molecule has 0 radical (unpaired) electrons. The van der Waals surface area contributed by atoms with Gasteiger partial charge in [0.05, 0.1) is 5.60 Å². The third kappa shape index (κ3) is 8.22. The van der Waals surface area contributed by atoms with Crippen LogP contribution in [0, 0.1) is 5.92 Å². The third-order valence-electron chi connectivity index (χ3n) is 3.98. The molecule has 1 amide bonds. The summed E-state index contributed by atoms with van der Waals surface area (Å²) in [5.74, 6) is 0.593. The lowest BCUT2D eigenvalue weighted by Crippen LogP contribution is -2.42. The van der Waals surface area contributed by atoms with Crippen molar-refractivity contribution in [2.24, 2.45) is 11.7 Å². The Morgan fingerprint density at radius 3 is 2.32 bits per heavy atom. The molecule has 1 atom stereocenters. The van der Waals surface area contributed by atoms with Gasteiger partial charge in [0.25, 0.3) is 0 Å². The summed E-state index contributed by atoms with van der Waals surface area (Å²) >= 11 is 0. The van der Waals surface area contributed by atoms with Gasteiger partial charge in [-0.1, -0.05) is 33.6 Å². The van der Waals surface area contributed by atoms with Gasteiger partial charge in [-0.15, -0.1) is 0 Å². The molecule has 1 unspecified atom stereocenters. The number of carbonyl (C=O) groups excluding carboxylic acids is 1. The predicted octanol–water partition coefficient (Wildman–Crippen LogP) is 2.20. The van der Waals surface area contributed by atoms with E-state index < -0.39 is 5.60 Å². The number of nitrogens with two attached hydrogens (primary N) is 1. The van der Waals surface area contributed by atoms with Crippen LogP contribution in [0.1, 0.15) is 65.7 Å². The number of aliphatic hydroxyl groups is 1. The molecule has 0 saturated heterocycles. The normalized spacial score (nSPS) is 13.3. The number of nitrogens with one attached hydrogen (secondary N) is 1. The van der Waals surface area contributed by atoms with Gasteiger partial charge in [0, 0.05) is 13.0 Å². The highest BCUT2D eigenvalue weighted by molar-refractivity contribution is 5.75. The minimum atomic E-state index is -0.754. The van der Waals surface area contributed by atoms with Crippen molar-refractivity contribution in [3.8, 4) is 0 Å². The van der Waals surface area contributed by atoms with Crippen molar-refractivity contribution in [1.82, 2.24) is 5.32 Å². The van der Waals surface area contributed by atoms with Crippen molar-refractivity contribution in [2.75, 3.05) is 13.1 Å². The Morgan fingerprint density at radius 1 is 1.21 bits per heavy atom. The average Bonchev–Trinajstić information content (AvgIpc) is 2.42. The van der Waals surface area contributed by atoms with Crippen LogP contribution in [-0.2, 0) is 4.79 Å². The second-order valence-electron chi connectivity index (χ2n) is 5.48. The summed E-state index contributed by atoms with van der Waals surface area (Å²) in [6, 6.07) is 0. The van der Waals surface area contributed by atoms with Gasteiger partial charge in [-0.05, 0) is 38.1 Å². The van der Waals surface area contributed by atoms with Crippen LogP contribution >= 0.6 is 0 Å². The molecular weight excluding hydrogens is 240 g/mol. The molecule has 0 heterocycles. The van der Waals surface area contributed by atoms with Crippen LogP contribution in [-0.4, -0.2) is 29.7 Å². The van der Waals surface area contributed by atoms with E-state index in [0.717, 1.165) is 25.7 Å². The zero-order valence-corrected chi connectivity index (χ0v) is 12.9. The van der Waals surface area contributed by atoms with Gasteiger partial charge in [0.2, 0.25) is 5.91 Å². The van der Waals surface area contributed by atoms with Crippen molar-refractivity contribution in [3.63, 3.8) is 0 Å². The molecule has 0 aliphatic carbocycles. The van der Waals surface area contributed by atoms with Gasteiger partial charge in [0.1, 0.15) is 0 Å². The van der Waals surface area contributed by atoms with E-state index in [1.54, 1.807) is 0 Å². The fraction of sp³-hybridized carbons (Fsp3) is 0.933. The van der Waals surface area contributed by atoms with E-state index in [9.17, 15) is 9.90 Å². The van der Waals surface area contributed by atoms with Crippen molar-refractivity contribution in [2.45, 2.75) is 71.3 Å². The number of hydrogen-bond acceptors (Lipinski definition) is 3. The number of hydrogen-bond donors (Lipinski definition) is 3. The number of amides is 1. The van der Waals surface area contributed by atoms with Gasteiger partial charge < -0.3 is 16.2 Å². The lowest BCUT2D eigenvalue weighted by Gasteiger charge is -2.25. The first-order chi connectivity index (χ1) is 9.01. The predicted molar refractivity (Wildman–Crippen MR) is 79.8 cm³/mol. The van der Waals surface area contributed by atoms with Crippen molar-refractivity contribution < 1.29 is 9.90 Å². The highest BCUT2D eigenvalue weighted by atomic mass is 16.3. The first-order valence-electron chi connectivity index (χ1n) is 7.70. The van der Waals surface area contributed by atoms with Gasteiger partial charge in [-0.2, -0.15) is 0 Å². The van der Waals surface area contributed by atoms with Crippen molar-refractivity contribution in [3.05, 3.63) is 0 Å². The molecule has 0 aliphatic rings. The molecular formula is C15H32N2O2. The van der Waals surface area contributed by atoms with E-state index in [4.69, 9.17) is 5.73 Å². The third-order valence-corrected chi connectivity index (χ3v) is 3.98. The van der Waals surface area contributed by atoms with Crippen molar-refractivity contribution in [1.29, 1.82) is 0 Å². The van der Waals surface area contributed by atoms with Crippen molar-refractivity contribution >= 4 is 5.91 Å². The summed E-state index contributed by atoms with van der Waals surface area (Å²) in [5, 5.41) is 12.9. The molecule has 0 aliphatic heterocycles. The number of carbonyl (C=O) groups is 1. The molecule has 0 spiro atoms. The molecule has 0 fully saturated rings. The Labute approximate surface area is 118 Å². The second-order valence-corrected chi connectivity index (χ2v) is 5.48. The van der Waals surface area contributed by atoms with E-state index >= 15 is 0 Å². The summed E-state index contributed by atoms with van der Waals surface area (Å²) in [4.78, 5) is 11.8. The summed E-state index contributed by atoms with van der Waals surface area (Å²) in [6.07, 6.45) is 6.03. The summed E-state index contributed by atoms with van der Waals surface area (Å²) in [6.45, 7) is 7.08. The molecule has 0 bridgehead atoms. The molecule has 4 heteroatoms. The van der Waals surface area contributed by atoms with Gasteiger partial charge >= 0.3 is 0 Å². The zero-order chi connectivity index (χ0) is 14.7. The Morgan fingerprint density at radius 2 is 1.84 bits per heavy atom. The Kier molecular flexibility index (Phi) is 9.88. The Hall–Kier alpha value is -0.610. The summed E-state index contributed by atoms with van der Waals surface area (Å²) in [7, 11) is 0. The molecule has 0 aromatic carbocycles. The van der Waals surface area contributed by atoms with Gasteiger partial charge in [0.15, 0.2) is 0 Å². The first kappa shape index (κ1) is 18.4. The fourth-order valence-corrected chi connectivity index (χ4v) is 2.26. The average molecular weight is 272 g/mol. The van der Waals surface area contributed by atoms with Crippen LogP contribution in [0.25, 0.3) is 0 Å². The summed E-state index contributed by atoms with van der Waals surface area (Å²) < 4.78 is 0. The molecule has 4 nitrogen and oxygen atoms in total. The largest absolute Gasteiger partial charge is 0.388 e. The lowest BCUT2D eigenvalue weighted by molar-refractivity contribution is -0.122. The van der Waals surface area contributed by atoms with Crippen LogP contribution in [0.15, 0.2) is 0 Å². The van der Waals surface area contributed by atoms with E-state index in [-0.39, 0.29) is 5.91 Å². The molecule has 0 saturated carbocycles. The standard InChI is InChI=1S/C15H32N2O2/c1-4-7-13(10-11-16)8-9-14(18)17-12-15(19,5-2)6-3/h13,19H,4-12,16H2,1-3H3,(H,17,18). The zero-order valence-electron chi connectivity index (χ0n) is 12.9. The minimum absolute atomic E-state index is 0.0402. The van der Waals surface area contributed by atoms with Crippen LogP contribution in [0.4, 0.5) is 0 Å². The molecule has 114 valence electrons.